The molecule has 0 atom stereocenters. The number of carbonyl (C=O) groups excluding carboxylic acids is 1. The van der Waals surface area contributed by atoms with Crippen LogP contribution in [0.5, 0.6) is 0 Å². The largest absolute Gasteiger partial charge is 0.394 e. The van der Waals surface area contributed by atoms with E-state index in [0.717, 1.165) is 0 Å². The standard InChI is InChI=1S/C10H18N4O3/c1-3-7-11-8(14-13-7)9(17)12-10(4-2,5-15)6-16/h15-16H,3-6H2,1-2H3,(H,12,17)(H,11,13,14). The zero-order chi connectivity index (χ0) is 12.9. The second-order valence-electron chi connectivity index (χ2n) is 3.86. The third-order valence-electron chi connectivity index (χ3n) is 2.73. The monoisotopic (exact) mass is 242 g/mol. The van der Waals surface area contributed by atoms with Crippen molar-refractivity contribution in [2.24, 2.45) is 0 Å². The van der Waals surface area contributed by atoms with Crippen molar-refractivity contribution in [2.45, 2.75) is 32.2 Å². The average Bonchev–Trinajstić information content (AvgIpc) is 2.85. The zero-order valence-corrected chi connectivity index (χ0v) is 10.0. The molecule has 0 aliphatic carbocycles. The van der Waals surface area contributed by atoms with Gasteiger partial charge < -0.3 is 15.5 Å². The number of hydrogen-bond acceptors (Lipinski definition) is 5. The van der Waals surface area contributed by atoms with Crippen molar-refractivity contribution < 1.29 is 15.0 Å². The first-order chi connectivity index (χ1) is 8.10. The number of rotatable bonds is 6. The first kappa shape index (κ1) is 13.6. The number of hydrogen-bond donors (Lipinski definition) is 4. The molecule has 96 valence electrons. The number of aliphatic hydroxyl groups excluding tert-OH is 2. The fraction of sp³-hybridized carbons (Fsp3) is 0.700. The minimum Gasteiger partial charge on any atom is -0.394 e. The zero-order valence-electron chi connectivity index (χ0n) is 10.0. The Kier molecular flexibility index (Phi) is 4.59. The van der Waals surface area contributed by atoms with Crippen LogP contribution in [0.4, 0.5) is 0 Å². The van der Waals surface area contributed by atoms with Gasteiger partial charge in [-0.15, -0.1) is 5.10 Å². The van der Waals surface area contributed by atoms with Gasteiger partial charge in [0.25, 0.3) is 5.91 Å². The van der Waals surface area contributed by atoms with E-state index in [1.165, 1.54) is 0 Å². The Balaban J connectivity index is 2.77. The lowest BCUT2D eigenvalue weighted by molar-refractivity contribution is 0.0645. The molecular weight excluding hydrogens is 224 g/mol. The van der Waals surface area contributed by atoms with E-state index in [-0.39, 0.29) is 19.0 Å². The minimum atomic E-state index is -1.02. The van der Waals surface area contributed by atoms with Crippen molar-refractivity contribution in [3.8, 4) is 0 Å². The summed E-state index contributed by atoms with van der Waals surface area (Å²) in [5.41, 5.74) is -1.02. The first-order valence-corrected chi connectivity index (χ1v) is 5.56. The summed E-state index contributed by atoms with van der Waals surface area (Å²) in [6.07, 6.45) is 1.07. The van der Waals surface area contributed by atoms with Crippen LogP contribution in [0.2, 0.25) is 0 Å². The van der Waals surface area contributed by atoms with E-state index in [9.17, 15) is 15.0 Å². The molecule has 1 rings (SSSR count). The van der Waals surface area contributed by atoms with Crippen molar-refractivity contribution in [3.05, 3.63) is 11.6 Å². The van der Waals surface area contributed by atoms with Gasteiger partial charge in [-0.25, -0.2) is 4.98 Å². The predicted molar refractivity (Wildman–Crippen MR) is 60.4 cm³/mol. The van der Waals surface area contributed by atoms with E-state index in [1.54, 1.807) is 6.92 Å². The maximum atomic E-state index is 11.8. The van der Waals surface area contributed by atoms with Crippen LogP contribution in [0.25, 0.3) is 0 Å². The molecule has 0 aliphatic heterocycles. The van der Waals surface area contributed by atoms with E-state index in [0.29, 0.717) is 18.7 Å². The fourth-order valence-corrected chi connectivity index (χ4v) is 1.29. The topological polar surface area (TPSA) is 111 Å². The highest BCUT2D eigenvalue weighted by molar-refractivity contribution is 5.90. The van der Waals surface area contributed by atoms with Gasteiger partial charge in [0, 0.05) is 6.42 Å². The molecule has 7 heteroatoms. The Morgan fingerprint density at radius 2 is 2.06 bits per heavy atom. The second-order valence-corrected chi connectivity index (χ2v) is 3.86. The van der Waals surface area contributed by atoms with Crippen LogP contribution in [0.3, 0.4) is 0 Å². The highest BCUT2D eigenvalue weighted by atomic mass is 16.3. The van der Waals surface area contributed by atoms with Gasteiger partial charge in [0.2, 0.25) is 5.82 Å². The van der Waals surface area contributed by atoms with Gasteiger partial charge in [-0.05, 0) is 6.42 Å². The molecule has 1 aromatic rings. The maximum absolute atomic E-state index is 11.8. The molecule has 0 saturated carbocycles. The smallest absolute Gasteiger partial charge is 0.291 e. The van der Waals surface area contributed by atoms with Crippen molar-refractivity contribution in [1.82, 2.24) is 20.5 Å². The van der Waals surface area contributed by atoms with Gasteiger partial charge in [0.05, 0.1) is 18.8 Å². The van der Waals surface area contributed by atoms with Crippen LogP contribution in [0, 0.1) is 0 Å². The highest BCUT2D eigenvalue weighted by Crippen LogP contribution is 2.09. The third-order valence-corrected chi connectivity index (χ3v) is 2.73. The van der Waals surface area contributed by atoms with Crippen molar-refractivity contribution in [1.29, 1.82) is 0 Å². The Hall–Kier alpha value is -1.47. The minimum absolute atomic E-state index is 0.0153. The van der Waals surface area contributed by atoms with Crippen LogP contribution in [-0.4, -0.2) is 50.1 Å². The van der Waals surface area contributed by atoms with Crippen LogP contribution in [0.1, 0.15) is 36.7 Å². The van der Waals surface area contributed by atoms with Gasteiger partial charge in [0.15, 0.2) is 0 Å². The summed E-state index contributed by atoms with van der Waals surface area (Å²) < 4.78 is 0. The number of nitrogens with zero attached hydrogens (tertiary/aromatic N) is 2. The SMILES string of the molecule is CCc1nc(C(=O)NC(CC)(CO)CO)n[nH]1. The molecular formula is C10H18N4O3. The molecule has 0 aromatic carbocycles. The molecule has 0 spiro atoms. The van der Waals surface area contributed by atoms with Crippen molar-refractivity contribution in [3.63, 3.8) is 0 Å². The molecule has 1 amide bonds. The Morgan fingerprint density at radius 1 is 1.41 bits per heavy atom. The molecule has 17 heavy (non-hydrogen) atoms. The van der Waals surface area contributed by atoms with Gasteiger partial charge in [-0.2, -0.15) is 0 Å². The normalized spacial score (nSPS) is 11.5. The Labute approximate surface area is 99.3 Å². The molecule has 0 saturated heterocycles. The lowest BCUT2D eigenvalue weighted by Crippen LogP contribution is -2.54. The number of aliphatic hydroxyl groups is 2. The molecule has 0 bridgehead atoms. The molecule has 0 unspecified atom stereocenters. The molecule has 1 heterocycles. The van der Waals surface area contributed by atoms with E-state index in [4.69, 9.17) is 0 Å². The molecule has 0 aliphatic rings. The Bertz CT molecular complexity index is 365. The molecule has 1 aromatic heterocycles. The number of nitrogens with one attached hydrogen (secondary N) is 2. The molecule has 0 fully saturated rings. The summed E-state index contributed by atoms with van der Waals surface area (Å²) in [6, 6.07) is 0. The first-order valence-electron chi connectivity index (χ1n) is 5.56. The Morgan fingerprint density at radius 3 is 2.47 bits per heavy atom. The van der Waals surface area contributed by atoms with Gasteiger partial charge >= 0.3 is 0 Å². The number of carbonyl (C=O) groups is 1. The van der Waals surface area contributed by atoms with Crippen LogP contribution < -0.4 is 5.32 Å². The second kappa shape index (κ2) is 5.74. The van der Waals surface area contributed by atoms with E-state index >= 15 is 0 Å². The molecule has 0 radical (unpaired) electrons. The van der Waals surface area contributed by atoms with Crippen molar-refractivity contribution in [2.75, 3.05) is 13.2 Å². The fourth-order valence-electron chi connectivity index (χ4n) is 1.29. The molecule has 4 N–H and O–H groups in total. The van der Waals surface area contributed by atoms with Crippen LogP contribution in [0.15, 0.2) is 0 Å². The quantitative estimate of drug-likeness (QED) is 0.523. The maximum Gasteiger partial charge on any atom is 0.291 e. The number of aromatic amines is 1. The summed E-state index contributed by atoms with van der Waals surface area (Å²) in [6.45, 7) is 2.98. The van der Waals surface area contributed by atoms with E-state index in [1.807, 2.05) is 6.92 Å². The summed E-state index contributed by atoms with van der Waals surface area (Å²) in [4.78, 5) is 15.8. The summed E-state index contributed by atoms with van der Waals surface area (Å²) in [5, 5.41) is 27.3. The van der Waals surface area contributed by atoms with Gasteiger partial charge in [-0.1, -0.05) is 13.8 Å². The average molecular weight is 242 g/mol. The number of amides is 1. The van der Waals surface area contributed by atoms with Crippen LogP contribution >= 0.6 is 0 Å². The molecule has 7 nitrogen and oxygen atoms in total. The van der Waals surface area contributed by atoms with Gasteiger partial charge in [-0.3, -0.25) is 9.89 Å². The lowest BCUT2D eigenvalue weighted by atomic mass is 9.98. The predicted octanol–water partition coefficient (Wildman–Crippen LogP) is -0.770. The summed E-state index contributed by atoms with van der Waals surface area (Å²) >= 11 is 0. The summed E-state index contributed by atoms with van der Waals surface area (Å²) in [5.74, 6) is 0.123. The highest BCUT2D eigenvalue weighted by Gasteiger charge is 2.30. The lowest BCUT2D eigenvalue weighted by Gasteiger charge is -2.28. The van der Waals surface area contributed by atoms with E-state index in [2.05, 4.69) is 20.5 Å². The summed E-state index contributed by atoms with van der Waals surface area (Å²) in [7, 11) is 0. The van der Waals surface area contributed by atoms with Crippen molar-refractivity contribution >= 4 is 5.91 Å². The number of aryl methyl sites for hydroxylation is 1. The third kappa shape index (κ3) is 3.01. The van der Waals surface area contributed by atoms with Crippen LogP contribution in [-0.2, 0) is 6.42 Å². The number of aromatic nitrogens is 3. The van der Waals surface area contributed by atoms with Gasteiger partial charge in [0.1, 0.15) is 5.82 Å². The van der Waals surface area contributed by atoms with E-state index < -0.39 is 11.4 Å². The number of H-pyrrole nitrogens is 1.